The highest BCUT2D eigenvalue weighted by Gasteiger charge is 2.31. The average Bonchev–Trinajstić information content (AvgIpc) is 3.30. The maximum Gasteiger partial charge on any atom is 0.266 e. The fourth-order valence-corrected chi connectivity index (χ4v) is 4.86. The summed E-state index contributed by atoms with van der Waals surface area (Å²) in [6, 6.07) is 17.8. The van der Waals surface area contributed by atoms with Crippen LogP contribution in [0.4, 0.5) is 0 Å². The van der Waals surface area contributed by atoms with Crippen molar-refractivity contribution in [2.45, 2.75) is 19.3 Å². The summed E-state index contributed by atoms with van der Waals surface area (Å²) in [6.45, 7) is 1.04. The average molecular weight is 450 g/mol. The van der Waals surface area contributed by atoms with Crippen LogP contribution in [0.15, 0.2) is 65.7 Å². The van der Waals surface area contributed by atoms with E-state index in [0.717, 1.165) is 17.5 Å². The Labute approximate surface area is 190 Å². The van der Waals surface area contributed by atoms with Gasteiger partial charge in [0.15, 0.2) is 0 Å². The highest BCUT2D eigenvalue weighted by atomic mass is 32.2. The van der Waals surface area contributed by atoms with E-state index in [-0.39, 0.29) is 11.8 Å². The molecular weight excluding hydrogens is 426 g/mol. The first-order valence-corrected chi connectivity index (χ1v) is 11.5. The number of thiocarbonyl (C=S) groups is 1. The smallest absolute Gasteiger partial charge is 0.266 e. The van der Waals surface area contributed by atoms with Crippen LogP contribution in [0.25, 0.3) is 17.0 Å². The number of aromatic amines is 1. The second kappa shape index (κ2) is 9.94. The van der Waals surface area contributed by atoms with Crippen LogP contribution >= 0.6 is 24.0 Å². The standard InChI is InChI=1S/C24H23N3O2S2/c28-22(25-13-12-18-16-26-20-10-5-4-9-19(18)20)11-6-14-27-23(29)21(31-24(27)30)15-17-7-2-1-3-8-17/h1-5,7-10,15-16,26H,6,11-14H2,(H,25,28). The van der Waals surface area contributed by atoms with E-state index in [4.69, 9.17) is 12.2 Å². The van der Waals surface area contributed by atoms with E-state index < -0.39 is 0 Å². The van der Waals surface area contributed by atoms with Gasteiger partial charge in [0.25, 0.3) is 5.91 Å². The molecule has 0 unspecified atom stereocenters. The third-order valence-corrected chi connectivity index (χ3v) is 6.53. The summed E-state index contributed by atoms with van der Waals surface area (Å²) < 4.78 is 0.548. The first-order valence-electron chi connectivity index (χ1n) is 10.2. The Hall–Kier alpha value is -2.90. The Morgan fingerprint density at radius 1 is 1.13 bits per heavy atom. The summed E-state index contributed by atoms with van der Waals surface area (Å²) >= 11 is 6.68. The van der Waals surface area contributed by atoms with Crippen molar-refractivity contribution in [3.05, 3.63) is 76.8 Å². The van der Waals surface area contributed by atoms with Crippen LogP contribution in [0.2, 0.25) is 0 Å². The number of amides is 2. The van der Waals surface area contributed by atoms with E-state index in [2.05, 4.69) is 16.4 Å². The van der Waals surface area contributed by atoms with Crippen molar-refractivity contribution in [1.29, 1.82) is 0 Å². The summed E-state index contributed by atoms with van der Waals surface area (Å²) in [5, 5.41) is 4.16. The molecule has 0 saturated carbocycles. The van der Waals surface area contributed by atoms with E-state index in [1.54, 1.807) is 4.90 Å². The van der Waals surface area contributed by atoms with Gasteiger partial charge in [-0.05, 0) is 36.1 Å². The van der Waals surface area contributed by atoms with Crippen LogP contribution in [0.3, 0.4) is 0 Å². The van der Waals surface area contributed by atoms with Gasteiger partial charge in [0.05, 0.1) is 4.91 Å². The lowest BCUT2D eigenvalue weighted by Gasteiger charge is -2.14. The van der Waals surface area contributed by atoms with Gasteiger partial charge >= 0.3 is 0 Å². The highest BCUT2D eigenvalue weighted by molar-refractivity contribution is 8.26. The van der Waals surface area contributed by atoms with Gasteiger partial charge in [0, 0.05) is 36.6 Å². The molecule has 1 aliphatic rings. The van der Waals surface area contributed by atoms with Crippen molar-refractivity contribution in [1.82, 2.24) is 15.2 Å². The minimum absolute atomic E-state index is 0.00916. The third-order valence-electron chi connectivity index (χ3n) is 5.15. The number of hydrogen-bond donors (Lipinski definition) is 2. The number of benzene rings is 2. The number of nitrogens with zero attached hydrogens (tertiary/aromatic N) is 1. The molecule has 5 nitrogen and oxygen atoms in total. The summed E-state index contributed by atoms with van der Waals surface area (Å²) in [5.41, 5.74) is 3.27. The molecule has 3 aromatic rings. The molecule has 2 aromatic carbocycles. The van der Waals surface area contributed by atoms with Crippen LogP contribution < -0.4 is 5.32 Å². The Morgan fingerprint density at radius 3 is 2.74 bits per heavy atom. The van der Waals surface area contributed by atoms with E-state index in [9.17, 15) is 9.59 Å². The van der Waals surface area contributed by atoms with Crippen molar-refractivity contribution in [2.24, 2.45) is 0 Å². The number of H-pyrrole nitrogens is 1. The van der Waals surface area contributed by atoms with Gasteiger partial charge in [0.2, 0.25) is 5.91 Å². The fraction of sp³-hybridized carbons (Fsp3) is 0.208. The van der Waals surface area contributed by atoms with Crippen LogP contribution in [-0.4, -0.2) is 39.1 Å². The van der Waals surface area contributed by atoms with Gasteiger partial charge in [-0.25, -0.2) is 0 Å². The number of carbonyl (C=O) groups excluding carboxylic acids is 2. The molecule has 1 aliphatic heterocycles. The lowest BCUT2D eigenvalue weighted by Crippen LogP contribution is -2.31. The second-order valence-corrected chi connectivity index (χ2v) is 8.98. The number of fused-ring (bicyclic) bond motifs is 1. The molecule has 7 heteroatoms. The SMILES string of the molecule is O=C(CCCN1C(=O)C(=Cc2ccccc2)SC1=S)NCCc1c[nH]c2ccccc12. The number of aromatic nitrogens is 1. The molecule has 2 heterocycles. The maximum atomic E-state index is 12.7. The summed E-state index contributed by atoms with van der Waals surface area (Å²) in [5.74, 6) is -0.0938. The van der Waals surface area contributed by atoms with E-state index in [0.29, 0.717) is 35.2 Å². The second-order valence-electron chi connectivity index (χ2n) is 7.31. The van der Waals surface area contributed by atoms with Crippen molar-refractivity contribution < 1.29 is 9.59 Å². The Kier molecular flexibility index (Phi) is 6.84. The molecule has 1 saturated heterocycles. The number of rotatable bonds is 8. The van der Waals surface area contributed by atoms with Crippen molar-refractivity contribution in [3.8, 4) is 0 Å². The van der Waals surface area contributed by atoms with Crippen molar-refractivity contribution in [2.75, 3.05) is 13.1 Å². The topological polar surface area (TPSA) is 65.2 Å². The van der Waals surface area contributed by atoms with Gasteiger partial charge in [-0.1, -0.05) is 72.5 Å². The predicted octanol–water partition coefficient (Wildman–Crippen LogP) is 4.51. The third kappa shape index (κ3) is 5.24. The summed E-state index contributed by atoms with van der Waals surface area (Å²) in [4.78, 5) is 30.3. The Morgan fingerprint density at radius 2 is 1.90 bits per heavy atom. The lowest BCUT2D eigenvalue weighted by molar-refractivity contribution is -0.123. The van der Waals surface area contributed by atoms with Crippen LogP contribution in [0, 0.1) is 0 Å². The molecule has 0 radical (unpaired) electrons. The van der Waals surface area contributed by atoms with Gasteiger partial charge in [-0.2, -0.15) is 0 Å². The largest absolute Gasteiger partial charge is 0.361 e. The first-order chi connectivity index (χ1) is 15.1. The van der Waals surface area contributed by atoms with E-state index in [1.165, 1.54) is 22.7 Å². The van der Waals surface area contributed by atoms with Gasteiger partial charge < -0.3 is 10.3 Å². The number of carbonyl (C=O) groups is 2. The number of nitrogens with one attached hydrogen (secondary N) is 2. The molecule has 2 amide bonds. The zero-order chi connectivity index (χ0) is 21.6. The first kappa shape index (κ1) is 21.3. The predicted molar refractivity (Wildman–Crippen MR) is 131 cm³/mol. The minimum atomic E-state index is -0.0846. The Balaban J connectivity index is 1.22. The molecule has 4 rings (SSSR count). The van der Waals surface area contributed by atoms with Crippen LogP contribution in [-0.2, 0) is 16.0 Å². The molecule has 0 aliphatic carbocycles. The highest BCUT2D eigenvalue weighted by Crippen LogP contribution is 2.32. The number of thioether (sulfide) groups is 1. The number of para-hydroxylation sites is 1. The van der Waals surface area contributed by atoms with E-state index >= 15 is 0 Å². The summed E-state index contributed by atoms with van der Waals surface area (Å²) in [6.07, 6.45) is 5.56. The molecule has 31 heavy (non-hydrogen) atoms. The maximum absolute atomic E-state index is 12.7. The fourth-order valence-electron chi connectivity index (χ4n) is 3.55. The molecule has 158 valence electrons. The molecular formula is C24H23N3O2S2. The minimum Gasteiger partial charge on any atom is -0.361 e. The van der Waals surface area contributed by atoms with Crippen molar-refractivity contribution >= 4 is 57.1 Å². The Bertz CT molecular complexity index is 1140. The van der Waals surface area contributed by atoms with Crippen LogP contribution in [0.5, 0.6) is 0 Å². The van der Waals surface area contributed by atoms with E-state index in [1.807, 2.05) is 60.8 Å². The quantitative estimate of drug-likeness (QED) is 0.392. The molecule has 0 spiro atoms. The van der Waals surface area contributed by atoms with Gasteiger partial charge in [0.1, 0.15) is 4.32 Å². The molecule has 0 bridgehead atoms. The number of hydrogen-bond acceptors (Lipinski definition) is 4. The van der Waals surface area contributed by atoms with Gasteiger partial charge in [-0.3, -0.25) is 14.5 Å². The molecule has 1 aromatic heterocycles. The zero-order valence-electron chi connectivity index (χ0n) is 17.0. The van der Waals surface area contributed by atoms with Crippen LogP contribution in [0.1, 0.15) is 24.0 Å². The lowest BCUT2D eigenvalue weighted by atomic mass is 10.1. The zero-order valence-corrected chi connectivity index (χ0v) is 18.6. The normalized spacial score (nSPS) is 15.2. The molecule has 2 N–H and O–H groups in total. The van der Waals surface area contributed by atoms with Crippen molar-refractivity contribution in [3.63, 3.8) is 0 Å². The monoisotopic (exact) mass is 449 g/mol. The van der Waals surface area contributed by atoms with Gasteiger partial charge in [-0.15, -0.1) is 0 Å². The molecule has 0 atom stereocenters. The molecule has 1 fully saturated rings. The summed E-state index contributed by atoms with van der Waals surface area (Å²) in [7, 11) is 0.